The van der Waals surface area contributed by atoms with Gasteiger partial charge in [0.05, 0.1) is 6.26 Å². The molecule has 2 rings (SSSR count). The number of benzene rings is 1. The molecule has 2 amide bonds. The lowest BCUT2D eigenvalue weighted by molar-refractivity contribution is -0.111. The van der Waals surface area contributed by atoms with Crippen molar-refractivity contribution in [1.82, 2.24) is 9.21 Å². The lowest BCUT2D eigenvalue weighted by Crippen LogP contribution is -2.55. The van der Waals surface area contributed by atoms with Gasteiger partial charge in [0.2, 0.25) is 15.9 Å². The molecule has 1 N–H and O–H groups in total. The highest BCUT2D eigenvalue weighted by atomic mass is 32.2. The molecule has 8 heteroatoms. The predicted molar refractivity (Wildman–Crippen MR) is 92.2 cm³/mol. The minimum Gasteiger partial charge on any atom is -0.336 e. The Morgan fingerprint density at radius 2 is 1.88 bits per heavy atom. The summed E-state index contributed by atoms with van der Waals surface area (Å²) in [5, 5.41) is 2.61. The first-order valence-electron chi connectivity index (χ1n) is 7.52. The molecule has 0 radical (unpaired) electrons. The van der Waals surface area contributed by atoms with E-state index in [1.807, 2.05) is 0 Å². The summed E-state index contributed by atoms with van der Waals surface area (Å²) < 4.78 is 24.8. The number of rotatable bonds is 4. The van der Waals surface area contributed by atoms with Gasteiger partial charge in [-0.25, -0.2) is 8.42 Å². The molecule has 0 aliphatic carbocycles. The number of nitrogens with one attached hydrogen (secondary N) is 1. The summed E-state index contributed by atoms with van der Waals surface area (Å²) in [5.74, 6) is -0.476. The first-order valence-corrected chi connectivity index (χ1v) is 9.37. The van der Waals surface area contributed by atoms with E-state index in [9.17, 15) is 18.0 Å². The van der Waals surface area contributed by atoms with Crippen LogP contribution in [0.1, 0.15) is 17.3 Å². The van der Waals surface area contributed by atoms with E-state index >= 15 is 0 Å². The molecule has 1 atom stereocenters. The fourth-order valence-corrected chi connectivity index (χ4v) is 3.82. The number of hydrogen-bond acceptors (Lipinski definition) is 4. The van der Waals surface area contributed by atoms with Crippen LogP contribution in [-0.4, -0.2) is 61.4 Å². The van der Waals surface area contributed by atoms with Crippen LogP contribution < -0.4 is 5.32 Å². The highest BCUT2D eigenvalue weighted by molar-refractivity contribution is 7.88. The minimum atomic E-state index is -3.26. The number of hydrogen-bond donors (Lipinski definition) is 1. The van der Waals surface area contributed by atoms with E-state index in [0.717, 1.165) is 0 Å². The van der Waals surface area contributed by atoms with Gasteiger partial charge in [-0.3, -0.25) is 9.59 Å². The third-order valence-corrected chi connectivity index (χ3v) is 5.26. The molecule has 0 unspecified atom stereocenters. The Balaban J connectivity index is 2.05. The second-order valence-electron chi connectivity index (χ2n) is 5.74. The van der Waals surface area contributed by atoms with E-state index in [2.05, 4.69) is 11.9 Å². The van der Waals surface area contributed by atoms with E-state index in [1.54, 1.807) is 36.1 Å². The molecule has 0 bridgehead atoms. The third kappa shape index (κ3) is 4.21. The number of anilines is 1. The highest BCUT2D eigenvalue weighted by Crippen LogP contribution is 2.17. The predicted octanol–water partition coefficient (Wildman–Crippen LogP) is 0.917. The highest BCUT2D eigenvalue weighted by Gasteiger charge is 2.32. The van der Waals surface area contributed by atoms with Gasteiger partial charge < -0.3 is 10.2 Å². The van der Waals surface area contributed by atoms with Crippen LogP contribution in [0.5, 0.6) is 0 Å². The molecule has 24 heavy (non-hydrogen) atoms. The first-order chi connectivity index (χ1) is 11.2. The van der Waals surface area contributed by atoms with Gasteiger partial charge in [-0.15, -0.1) is 0 Å². The maximum absolute atomic E-state index is 12.5. The van der Waals surface area contributed by atoms with Crippen LogP contribution in [-0.2, 0) is 14.8 Å². The molecule has 1 aromatic carbocycles. The lowest BCUT2D eigenvalue weighted by atomic mass is 10.1. The molecule has 1 saturated heterocycles. The van der Waals surface area contributed by atoms with Crippen molar-refractivity contribution in [2.45, 2.75) is 13.0 Å². The van der Waals surface area contributed by atoms with Crippen molar-refractivity contribution >= 4 is 27.5 Å². The summed E-state index contributed by atoms with van der Waals surface area (Å²) in [5.41, 5.74) is 1.07. The number of sulfonamides is 1. The van der Waals surface area contributed by atoms with Gasteiger partial charge in [-0.2, -0.15) is 4.31 Å². The van der Waals surface area contributed by atoms with E-state index in [4.69, 9.17) is 0 Å². The maximum Gasteiger partial charge on any atom is 0.253 e. The normalized spacial score (nSPS) is 18.9. The number of carbonyl (C=O) groups is 2. The molecule has 1 aromatic rings. The van der Waals surface area contributed by atoms with Crippen molar-refractivity contribution in [2.24, 2.45) is 0 Å². The average Bonchev–Trinajstić information content (AvgIpc) is 2.53. The van der Waals surface area contributed by atoms with Crippen molar-refractivity contribution in [1.29, 1.82) is 0 Å². The zero-order valence-corrected chi connectivity index (χ0v) is 14.5. The van der Waals surface area contributed by atoms with E-state index in [0.29, 0.717) is 30.9 Å². The number of amides is 2. The Kier molecular flexibility index (Phi) is 5.40. The van der Waals surface area contributed by atoms with E-state index in [1.165, 1.54) is 16.6 Å². The van der Waals surface area contributed by atoms with Crippen molar-refractivity contribution in [2.75, 3.05) is 31.2 Å². The molecular weight excluding hydrogens is 330 g/mol. The Bertz CT molecular complexity index is 743. The molecule has 130 valence electrons. The van der Waals surface area contributed by atoms with Crippen LogP contribution in [0.3, 0.4) is 0 Å². The molecule has 1 aliphatic rings. The van der Waals surface area contributed by atoms with Gasteiger partial charge in [-0.05, 0) is 37.3 Å². The van der Waals surface area contributed by atoms with Crippen LogP contribution >= 0.6 is 0 Å². The largest absolute Gasteiger partial charge is 0.336 e. The molecule has 0 spiro atoms. The van der Waals surface area contributed by atoms with Gasteiger partial charge in [0.1, 0.15) is 0 Å². The second kappa shape index (κ2) is 7.14. The Morgan fingerprint density at radius 3 is 2.38 bits per heavy atom. The Labute approximate surface area is 142 Å². The first kappa shape index (κ1) is 18.2. The molecular formula is C16H21N3O4S. The maximum atomic E-state index is 12.5. The number of piperazine rings is 1. The molecule has 1 aliphatic heterocycles. The third-order valence-electron chi connectivity index (χ3n) is 3.86. The Morgan fingerprint density at radius 1 is 1.25 bits per heavy atom. The molecule has 1 heterocycles. The lowest BCUT2D eigenvalue weighted by Gasteiger charge is -2.38. The number of nitrogens with zero attached hydrogens (tertiary/aromatic N) is 2. The van der Waals surface area contributed by atoms with E-state index in [-0.39, 0.29) is 17.9 Å². The monoisotopic (exact) mass is 351 g/mol. The number of carbonyl (C=O) groups excluding carboxylic acids is 2. The summed E-state index contributed by atoms with van der Waals surface area (Å²) in [4.78, 5) is 25.4. The van der Waals surface area contributed by atoms with Crippen LogP contribution in [0, 0.1) is 0 Å². The fraction of sp³-hybridized carbons (Fsp3) is 0.375. The fourth-order valence-electron chi connectivity index (χ4n) is 2.69. The summed E-state index contributed by atoms with van der Waals surface area (Å²) in [6, 6.07) is 6.29. The van der Waals surface area contributed by atoms with Gasteiger partial charge in [0, 0.05) is 36.9 Å². The van der Waals surface area contributed by atoms with Gasteiger partial charge in [-0.1, -0.05) is 6.58 Å². The minimum absolute atomic E-state index is 0.156. The van der Waals surface area contributed by atoms with Crippen LogP contribution in [0.2, 0.25) is 0 Å². The SMILES string of the molecule is C=CC(=O)Nc1ccc(C(=O)N2CCN(S(C)(=O)=O)[C@@H](C)C2)cc1. The van der Waals surface area contributed by atoms with Crippen molar-refractivity contribution in [3.05, 3.63) is 42.5 Å². The van der Waals surface area contributed by atoms with Crippen molar-refractivity contribution < 1.29 is 18.0 Å². The zero-order chi connectivity index (χ0) is 17.9. The quantitative estimate of drug-likeness (QED) is 0.817. The Hall–Kier alpha value is -2.19. The van der Waals surface area contributed by atoms with E-state index < -0.39 is 10.0 Å². The van der Waals surface area contributed by atoms with Gasteiger partial charge >= 0.3 is 0 Å². The summed E-state index contributed by atoms with van der Waals surface area (Å²) >= 11 is 0. The summed E-state index contributed by atoms with van der Waals surface area (Å²) in [6.07, 6.45) is 2.35. The van der Waals surface area contributed by atoms with Crippen LogP contribution in [0.4, 0.5) is 5.69 Å². The molecule has 7 nitrogen and oxygen atoms in total. The molecule has 0 saturated carbocycles. The summed E-state index contributed by atoms with van der Waals surface area (Å²) in [7, 11) is -3.26. The zero-order valence-electron chi connectivity index (χ0n) is 13.7. The van der Waals surface area contributed by atoms with Gasteiger partial charge in [0.25, 0.3) is 5.91 Å². The smallest absolute Gasteiger partial charge is 0.253 e. The molecule has 0 aromatic heterocycles. The van der Waals surface area contributed by atoms with Crippen LogP contribution in [0.25, 0.3) is 0 Å². The summed E-state index contributed by atoms with van der Waals surface area (Å²) in [6.45, 7) is 6.15. The van der Waals surface area contributed by atoms with Crippen molar-refractivity contribution in [3.8, 4) is 0 Å². The van der Waals surface area contributed by atoms with Crippen molar-refractivity contribution in [3.63, 3.8) is 0 Å². The van der Waals surface area contributed by atoms with Crippen LogP contribution in [0.15, 0.2) is 36.9 Å². The molecule has 1 fully saturated rings. The topological polar surface area (TPSA) is 86.8 Å². The standard InChI is InChI=1S/C16H21N3O4S/c1-4-15(20)17-14-7-5-13(6-8-14)16(21)18-9-10-19(12(2)11-18)24(3,22)23/h4-8,12H,1,9-11H2,2-3H3,(H,17,20)/t12-/m0/s1. The van der Waals surface area contributed by atoms with Gasteiger partial charge in [0.15, 0.2) is 0 Å². The average molecular weight is 351 g/mol. The second-order valence-corrected chi connectivity index (χ2v) is 7.68.